The molecule has 3 rings (SSSR count). The van der Waals surface area contributed by atoms with Crippen LogP contribution in [0.4, 0.5) is 5.69 Å². The van der Waals surface area contributed by atoms with E-state index in [1.807, 2.05) is 17.0 Å². The van der Waals surface area contributed by atoms with E-state index in [0.29, 0.717) is 23.5 Å². The Morgan fingerprint density at radius 2 is 1.74 bits per heavy atom. The van der Waals surface area contributed by atoms with Crippen molar-refractivity contribution in [1.29, 1.82) is 5.26 Å². The first-order valence-electron chi connectivity index (χ1n) is 8.89. The number of para-hydroxylation sites is 1. The molecular weight excluding hydrogens is 420 g/mol. The molecule has 1 N–H and O–H groups in total. The van der Waals surface area contributed by atoms with Gasteiger partial charge in [-0.2, -0.15) is 23.6 Å². The van der Waals surface area contributed by atoms with E-state index in [2.05, 4.69) is 11.2 Å². The molecule has 0 radical (unpaired) electrons. The lowest BCUT2D eigenvalue weighted by molar-refractivity contribution is -0.387. The van der Waals surface area contributed by atoms with Gasteiger partial charge < -0.3 is 4.74 Å². The summed E-state index contributed by atoms with van der Waals surface area (Å²) >= 11 is 0. The van der Waals surface area contributed by atoms with E-state index in [4.69, 9.17) is 10.00 Å². The van der Waals surface area contributed by atoms with E-state index < -0.39 is 25.5 Å². The number of nitro groups is 1. The number of hydrogen-bond donors (Lipinski definition) is 1. The molecular formula is C21H16N4O5S. The summed E-state index contributed by atoms with van der Waals surface area (Å²) in [5, 5.41) is 23.5. The normalized spacial score (nSPS) is 11.1. The van der Waals surface area contributed by atoms with Crippen molar-refractivity contribution < 1.29 is 18.1 Å². The molecule has 0 heterocycles. The first kappa shape index (κ1) is 21.5. The van der Waals surface area contributed by atoms with Gasteiger partial charge in [-0.25, -0.2) is 0 Å². The van der Waals surface area contributed by atoms with Gasteiger partial charge in [-0.3, -0.25) is 10.1 Å². The van der Waals surface area contributed by atoms with E-state index in [1.54, 1.807) is 36.4 Å². The van der Waals surface area contributed by atoms with Crippen molar-refractivity contribution in [1.82, 2.24) is 4.83 Å². The quantitative estimate of drug-likeness (QED) is 0.327. The van der Waals surface area contributed by atoms with Crippen molar-refractivity contribution in [3.8, 4) is 11.8 Å². The predicted molar refractivity (Wildman–Crippen MR) is 113 cm³/mol. The Morgan fingerprint density at radius 3 is 2.39 bits per heavy atom. The Morgan fingerprint density at radius 1 is 1.06 bits per heavy atom. The van der Waals surface area contributed by atoms with Gasteiger partial charge in [-0.1, -0.05) is 24.3 Å². The molecule has 3 aromatic carbocycles. The minimum atomic E-state index is -4.19. The molecule has 156 valence electrons. The summed E-state index contributed by atoms with van der Waals surface area (Å²) in [7, 11) is -4.19. The monoisotopic (exact) mass is 436 g/mol. The maximum atomic E-state index is 12.3. The maximum Gasteiger partial charge on any atom is 0.289 e. The van der Waals surface area contributed by atoms with Crippen molar-refractivity contribution in [3.05, 3.63) is 99.6 Å². The molecule has 0 fully saturated rings. The van der Waals surface area contributed by atoms with Crippen LogP contribution in [0.1, 0.15) is 16.7 Å². The third-order valence-corrected chi connectivity index (χ3v) is 5.38. The highest BCUT2D eigenvalue weighted by atomic mass is 32.2. The predicted octanol–water partition coefficient (Wildman–Crippen LogP) is 3.36. The van der Waals surface area contributed by atoms with E-state index in [-0.39, 0.29) is 0 Å². The summed E-state index contributed by atoms with van der Waals surface area (Å²) in [6.45, 7) is 0.328. The molecule has 0 aliphatic rings. The van der Waals surface area contributed by atoms with Crippen molar-refractivity contribution in [3.63, 3.8) is 0 Å². The average Bonchev–Trinajstić information content (AvgIpc) is 2.79. The van der Waals surface area contributed by atoms with Crippen LogP contribution in [0.5, 0.6) is 5.75 Å². The standard InChI is InChI=1S/C21H16N4O5S/c22-13-16-5-7-18(8-6-16)15-30-19-11-9-17(10-12-19)14-23-24-31(28,29)21-4-2-1-3-20(21)25(26)27/h1-12,14,24H,15H2/b23-14-. The number of rotatable bonds is 8. The number of nitrogens with zero attached hydrogens (tertiary/aromatic N) is 3. The number of hydrazone groups is 1. The van der Waals surface area contributed by atoms with Crippen LogP contribution in [0.2, 0.25) is 0 Å². The molecule has 0 aliphatic carbocycles. The van der Waals surface area contributed by atoms with Gasteiger partial charge in [0.2, 0.25) is 0 Å². The highest BCUT2D eigenvalue weighted by molar-refractivity contribution is 7.89. The van der Waals surface area contributed by atoms with Gasteiger partial charge in [-0.15, -0.1) is 0 Å². The van der Waals surface area contributed by atoms with Gasteiger partial charge in [0.1, 0.15) is 12.4 Å². The topological polar surface area (TPSA) is 135 Å². The lowest BCUT2D eigenvalue weighted by atomic mass is 10.1. The zero-order valence-electron chi connectivity index (χ0n) is 16.0. The molecule has 0 aliphatic heterocycles. The third kappa shape index (κ3) is 5.65. The molecule has 0 spiro atoms. The lowest BCUT2D eigenvalue weighted by Crippen LogP contribution is -2.19. The number of nitro benzene ring substituents is 1. The summed E-state index contributed by atoms with van der Waals surface area (Å²) in [5.74, 6) is 0.599. The highest BCUT2D eigenvalue weighted by Crippen LogP contribution is 2.22. The zero-order chi connectivity index (χ0) is 22.3. The van der Waals surface area contributed by atoms with Crippen LogP contribution in [0.25, 0.3) is 0 Å². The summed E-state index contributed by atoms with van der Waals surface area (Å²) < 4.78 is 30.3. The first-order chi connectivity index (χ1) is 14.9. The Kier molecular flexibility index (Phi) is 6.59. The fourth-order valence-corrected chi connectivity index (χ4v) is 3.51. The SMILES string of the molecule is N#Cc1ccc(COc2ccc(/C=N\NS(=O)(=O)c3ccccc3[N+](=O)[O-])cc2)cc1. The Hall–Kier alpha value is -4.23. The largest absolute Gasteiger partial charge is 0.489 e. The van der Waals surface area contributed by atoms with Gasteiger partial charge in [0.05, 0.1) is 22.8 Å². The zero-order valence-corrected chi connectivity index (χ0v) is 16.8. The van der Waals surface area contributed by atoms with Crippen molar-refractivity contribution >= 4 is 21.9 Å². The smallest absolute Gasteiger partial charge is 0.289 e. The molecule has 9 nitrogen and oxygen atoms in total. The minimum Gasteiger partial charge on any atom is -0.489 e. The maximum absolute atomic E-state index is 12.3. The lowest BCUT2D eigenvalue weighted by Gasteiger charge is -2.07. The number of benzene rings is 3. The fraction of sp³-hybridized carbons (Fsp3) is 0.0476. The van der Waals surface area contributed by atoms with Crippen molar-refractivity contribution in [2.75, 3.05) is 0 Å². The van der Waals surface area contributed by atoms with Crippen LogP contribution in [-0.4, -0.2) is 19.6 Å². The van der Waals surface area contributed by atoms with Crippen LogP contribution < -0.4 is 9.57 Å². The highest BCUT2D eigenvalue weighted by Gasteiger charge is 2.24. The first-order valence-corrected chi connectivity index (χ1v) is 10.4. The van der Waals surface area contributed by atoms with Crippen LogP contribution in [0.3, 0.4) is 0 Å². The molecule has 0 aromatic heterocycles. The fourth-order valence-electron chi connectivity index (χ4n) is 2.55. The summed E-state index contributed by atoms with van der Waals surface area (Å²) in [6.07, 6.45) is 1.27. The Balaban J connectivity index is 1.60. The van der Waals surface area contributed by atoms with E-state index in [0.717, 1.165) is 17.7 Å². The summed E-state index contributed by atoms with van der Waals surface area (Å²) in [4.78, 5) is 11.8. The summed E-state index contributed by atoms with van der Waals surface area (Å²) in [5.41, 5.74) is 1.55. The number of hydrogen-bond acceptors (Lipinski definition) is 7. The molecule has 0 bridgehead atoms. The van der Waals surface area contributed by atoms with Crippen molar-refractivity contribution in [2.24, 2.45) is 5.10 Å². The van der Waals surface area contributed by atoms with Gasteiger partial charge >= 0.3 is 0 Å². The summed E-state index contributed by atoms with van der Waals surface area (Å²) in [6, 6.07) is 20.9. The van der Waals surface area contributed by atoms with E-state index >= 15 is 0 Å². The molecule has 10 heteroatoms. The van der Waals surface area contributed by atoms with E-state index in [9.17, 15) is 18.5 Å². The van der Waals surface area contributed by atoms with Crippen LogP contribution in [-0.2, 0) is 16.6 Å². The number of nitriles is 1. The molecule has 0 atom stereocenters. The molecule has 31 heavy (non-hydrogen) atoms. The Bertz CT molecular complexity index is 1250. The Labute approximate surface area is 178 Å². The molecule has 3 aromatic rings. The second kappa shape index (κ2) is 9.51. The molecule has 0 unspecified atom stereocenters. The third-order valence-electron chi connectivity index (χ3n) is 4.11. The van der Waals surface area contributed by atoms with Crippen LogP contribution in [0, 0.1) is 21.4 Å². The van der Waals surface area contributed by atoms with Gasteiger partial charge in [0.25, 0.3) is 15.7 Å². The molecule has 0 saturated carbocycles. The van der Waals surface area contributed by atoms with Gasteiger partial charge in [0, 0.05) is 6.07 Å². The van der Waals surface area contributed by atoms with Crippen LogP contribution >= 0.6 is 0 Å². The van der Waals surface area contributed by atoms with Gasteiger partial charge in [-0.05, 0) is 53.6 Å². The van der Waals surface area contributed by atoms with Gasteiger partial charge in [0.15, 0.2) is 4.90 Å². The van der Waals surface area contributed by atoms with Crippen LogP contribution in [0.15, 0.2) is 82.8 Å². The number of ether oxygens (including phenoxy) is 1. The second-order valence-electron chi connectivity index (χ2n) is 6.24. The molecule has 0 amide bonds. The molecule has 0 saturated heterocycles. The van der Waals surface area contributed by atoms with Crippen molar-refractivity contribution in [2.45, 2.75) is 11.5 Å². The number of sulfonamides is 1. The number of nitrogens with one attached hydrogen (secondary N) is 1. The second-order valence-corrected chi connectivity index (χ2v) is 7.87. The average molecular weight is 436 g/mol. The van der Waals surface area contributed by atoms with E-state index in [1.165, 1.54) is 18.3 Å². The minimum absolute atomic E-state index is 0.328.